The van der Waals surface area contributed by atoms with E-state index in [-0.39, 0.29) is 11.9 Å². The smallest absolute Gasteiger partial charge is 0.328 e. The van der Waals surface area contributed by atoms with Crippen molar-refractivity contribution in [3.8, 4) is 5.75 Å². The van der Waals surface area contributed by atoms with E-state index < -0.39 is 5.97 Å². The third kappa shape index (κ3) is 9.55. The van der Waals surface area contributed by atoms with Gasteiger partial charge in [-0.05, 0) is 55.9 Å². The van der Waals surface area contributed by atoms with Gasteiger partial charge in [0.05, 0.1) is 19.1 Å². The van der Waals surface area contributed by atoms with Crippen molar-refractivity contribution in [1.29, 1.82) is 0 Å². The van der Waals surface area contributed by atoms with E-state index >= 15 is 0 Å². The lowest BCUT2D eigenvalue weighted by atomic mass is 10.1. The van der Waals surface area contributed by atoms with E-state index in [2.05, 4.69) is 0 Å². The van der Waals surface area contributed by atoms with E-state index in [4.69, 9.17) is 14.6 Å². The van der Waals surface area contributed by atoms with Crippen LogP contribution < -0.4 is 4.74 Å². The first-order valence-electron chi connectivity index (χ1n) is 8.83. The second-order valence-electron chi connectivity index (χ2n) is 5.98. The number of carbonyl (C=O) groups excluding carboxylic acids is 1. The summed E-state index contributed by atoms with van der Waals surface area (Å²) in [7, 11) is 0. The maximum atomic E-state index is 11.5. The molecule has 0 aliphatic carbocycles. The third-order valence-electron chi connectivity index (χ3n) is 3.86. The minimum Gasteiger partial charge on any atom is -0.494 e. The van der Waals surface area contributed by atoms with Crippen molar-refractivity contribution in [3.05, 3.63) is 35.9 Å². The summed E-state index contributed by atoms with van der Waals surface area (Å²) in [5.74, 6) is -0.309. The highest BCUT2D eigenvalue weighted by Gasteiger charge is 2.10. The zero-order chi connectivity index (χ0) is 18.5. The number of carbonyl (C=O) groups is 2. The molecule has 25 heavy (non-hydrogen) atoms. The number of ether oxygens (including phenoxy) is 2. The number of carboxylic acids is 1. The van der Waals surface area contributed by atoms with Crippen LogP contribution >= 0.6 is 0 Å². The standard InChI is InChI=1S/C20H28O5/c1-3-16(2)20(23)25-15-7-5-4-6-14-24-18-11-8-17(9-12-18)10-13-19(21)22/h8-13,16H,3-7,14-15H2,1-2H3,(H,21,22)/b13-10+. The lowest BCUT2D eigenvalue weighted by molar-refractivity contribution is -0.148. The van der Waals surface area contributed by atoms with Crippen LogP contribution in [0.3, 0.4) is 0 Å². The van der Waals surface area contributed by atoms with Crippen molar-refractivity contribution in [2.24, 2.45) is 5.92 Å². The molecule has 0 bridgehead atoms. The molecule has 1 aromatic rings. The molecular weight excluding hydrogens is 320 g/mol. The second kappa shape index (κ2) is 12.1. The van der Waals surface area contributed by atoms with Crippen molar-refractivity contribution in [3.63, 3.8) is 0 Å². The summed E-state index contributed by atoms with van der Waals surface area (Å²) in [6.07, 6.45) is 7.33. The van der Waals surface area contributed by atoms with Crippen molar-refractivity contribution in [2.45, 2.75) is 46.0 Å². The topological polar surface area (TPSA) is 72.8 Å². The molecule has 0 aromatic heterocycles. The van der Waals surface area contributed by atoms with Crippen LogP contribution in [-0.4, -0.2) is 30.3 Å². The van der Waals surface area contributed by atoms with E-state index in [1.807, 2.05) is 38.1 Å². The minimum absolute atomic E-state index is 0.0144. The summed E-state index contributed by atoms with van der Waals surface area (Å²) >= 11 is 0. The average Bonchev–Trinajstić information content (AvgIpc) is 2.62. The fraction of sp³-hybridized carbons (Fsp3) is 0.500. The molecule has 0 aliphatic rings. The normalized spacial score (nSPS) is 12.1. The zero-order valence-corrected chi connectivity index (χ0v) is 15.1. The molecule has 1 aromatic carbocycles. The molecule has 0 saturated heterocycles. The number of hydrogen-bond acceptors (Lipinski definition) is 4. The van der Waals surface area contributed by atoms with E-state index in [1.165, 1.54) is 0 Å². The monoisotopic (exact) mass is 348 g/mol. The van der Waals surface area contributed by atoms with Gasteiger partial charge in [0.25, 0.3) is 0 Å². The van der Waals surface area contributed by atoms with E-state index in [9.17, 15) is 9.59 Å². The highest BCUT2D eigenvalue weighted by Crippen LogP contribution is 2.14. The molecule has 0 fully saturated rings. The van der Waals surface area contributed by atoms with Gasteiger partial charge in [-0.1, -0.05) is 26.0 Å². The van der Waals surface area contributed by atoms with Crippen LogP contribution in [-0.2, 0) is 14.3 Å². The maximum Gasteiger partial charge on any atom is 0.328 e. The Kier molecular flexibility index (Phi) is 10.1. The second-order valence-corrected chi connectivity index (χ2v) is 5.98. The van der Waals surface area contributed by atoms with E-state index in [0.717, 1.165) is 49.5 Å². The Hall–Kier alpha value is -2.30. The third-order valence-corrected chi connectivity index (χ3v) is 3.86. The highest BCUT2D eigenvalue weighted by molar-refractivity contribution is 5.85. The molecule has 5 heteroatoms. The fourth-order valence-corrected chi connectivity index (χ4v) is 2.07. The molecule has 1 rings (SSSR count). The first kappa shape index (κ1) is 20.7. The first-order chi connectivity index (χ1) is 12.0. The first-order valence-corrected chi connectivity index (χ1v) is 8.83. The lowest BCUT2D eigenvalue weighted by Gasteiger charge is -2.09. The molecule has 0 radical (unpaired) electrons. The fourth-order valence-electron chi connectivity index (χ4n) is 2.07. The number of aliphatic carboxylic acids is 1. The lowest BCUT2D eigenvalue weighted by Crippen LogP contribution is -2.14. The van der Waals surface area contributed by atoms with Gasteiger partial charge in [0.2, 0.25) is 0 Å². The van der Waals surface area contributed by atoms with Gasteiger partial charge in [-0.2, -0.15) is 0 Å². The van der Waals surface area contributed by atoms with E-state index in [1.54, 1.807) is 6.08 Å². The van der Waals surface area contributed by atoms with Crippen LogP contribution in [0.4, 0.5) is 0 Å². The Morgan fingerprint density at radius 2 is 1.72 bits per heavy atom. The SMILES string of the molecule is CCC(C)C(=O)OCCCCCCOc1ccc(/C=C/C(=O)O)cc1. The van der Waals surface area contributed by atoms with Gasteiger partial charge in [0.15, 0.2) is 0 Å². The number of carboxylic acid groups (broad SMARTS) is 1. The summed E-state index contributed by atoms with van der Waals surface area (Å²) in [6, 6.07) is 7.30. The van der Waals surface area contributed by atoms with Gasteiger partial charge in [0.1, 0.15) is 5.75 Å². The molecule has 0 amide bonds. The zero-order valence-electron chi connectivity index (χ0n) is 15.1. The summed E-state index contributed by atoms with van der Waals surface area (Å²) in [6.45, 7) is 4.99. The van der Waals surface area contributed by atoms with Gasteiger partial charge < -0.3 is 14.6 Å². The Morgan fingerprint density at radius 1 is 1.08 bits per heavy atom. The molecule has 138 valence electrons. The molecule has 0 spiro atoms. The minimum atomic E-state index is -0.963. The van der Waals surface area contributed by atoms with Crippen molar-refractivity contribution in [1.82, 2.24) is 0 Å². The molecule has 0 saturated carbocycles. The molecule has 1 unspecified atom stereocenters. The largest absolute Gasteiger partial charge is 0.494 e. The Balaban J connectivity index is 2.08. The van der Waals surface area contributed by atoms with Crippen LogP contribution in [0.1, 0.15) is 51.5 Å². The molecule has 1 N–H and O–H groups in total. The summed E-state index contributed by atoms with van der Waals surface area (Å²) in [5, 5.41) is 8.58. The predicted molar refractivity (Wildman–Crippen MR) is 97.5 cm³/mol. The highest BCUT2D eigenvalue weighted by atomic mass is 16.5. The summed E-state index contributed by atoms with van der Waals surface area (Å²) in [4.78, 5) is 21.9. The Morgan fingerprint density at radius 3 is 2.32 bits per heavy atom. The van der Waals surface area contributed by atoms with Crippen LogP contribution in [0.25, 0.3) is 6.08 Å². The molecular formula is C20H28O5. The molecule has 1 atom stereocenters. The average molecular weight is 348 g/mol. The van der Waals surface area contributed by atoms with Crippen molar-refractivity contribution < 1.29 is 24.2 Å². The van der Waals surface area contributed by atoms with Gasteiger partial charge in [0, 0.05) is 6.08 Å². The number of unbranched alkanes of at least 4 members (excludes halogenated alkanes) is 3. The quantitative estimate of drug-likeness (QED) is 0.346. The maximum absolute atomic E-state index is 11.5. The molecule has 0 heterocycles. The Labute approximate surface area is 149 Å². The number of benzene rings is 1. The van der Waals surface area contributed by atoms with E-state index in [0.29, 0.717) is 13.2 Å². The van der Waals surface area contributed by atoms with Gasteiger partial charge in [-0.3, -0.25) is 4.79 Å². The van der Waals surface area contributed by atoms with Crippen LogP contribution in [0.2, 0.25) is 0 Å². The Bertz CT molecular complexity index is 548. The number of hydrogen-bond donors (Lipinski definition) is 1. The van der Waals surface area contributed by atoms with Crippen LogP contribution in [0.15, 0.2) is 30.3 Å². The van der Waals surface area contributed by atoms with Crippen LogP contribution in [0.5, 0.6) is 5.75 Å². The van der Waals surface area contributed by atoms with Crippen molar-refractivity contribution >= 4 is 18.0 Å². The van der Waals surface area contributed by atoms with Gasteiger partial charge in [-0.15, -0.1) is 0 Å². The number of esters is 1. The summed E-state index contributed by atoms with van der Waals surface area (Å²) in [5.41, 5.74) is 0.821. The molecule has 5 nitrogen and oxygen atoms in total. The number of rotatable bonds is 12. The van der Waals surface area contributed by atoms with Crippen molar-refractivity contribution in [2.75, 3.05) is 13.2 Å². The molecule has 0 aliphatic heterocycles. The van der Waals surface area contributed by atoms with Gasteiger partial charge in [-0.25, -0.2) is 4.79 Å². The van der Waals surface area contributed by atoms with Gasteiger partial charge >= 0.3 is 11.9 Å². The summed E-state index contributed by atoms with van der Waals surface area (Å²) < 4.78 is 10.9. The predicted octanol–water partition coefficient (Wildman–Crippen LogP) is 4.31. The van der Waals surface area contributed by atoms with Crippen LogP contribution in [0, 0.1) is 5.92 Å².